The summed E-state index contributed by atoms with van der Waals surface area (Å²) < 4.78 is 0. The minimum atomic E-state index is -0.387. The first-order valence-corrected chi connectivity index (χ1v) is 9.35. The molecule has 7 heteroatoms. The Bertz CT molecular complexity index is 1020. The molecule has 0 fully saturated rings. The lowest BCUT2D eigenvalue weighted by Gasteiger charge is -2.11. The Morgan fingerprint density at radius 3 is 2.46 bits per heavy atom. The van der Waals surface area contributed by atoms with Gasteiger partial charge in [-0.1, -0.05) is 29.3 Å². The van der Waals surface area contributed by atoms with Crippen LogP contribution >= 0.6 is 23.2 Å². The minimum absolute atomic E-state index is 0.195. The number of anilines is 1. The van der Waals surface area contributed by atoms with Crippen LogP contribution in [-0.4, -0.2) is 23.3 Å². The number of nitrogens with one attached hydrogen (secondary N) is 2. The first-order chi connectivity index (χ1) is 13.5. The van der Waals surface area contributed by atoms with Crippen molar-refractivity contribution in [3.8, 4) is 11.3 Å². The van der Waals surface area contributed by atoms with Crippen molar-refractivity contribution >= 4 is 40.7 Å². The molecule has 28 heavy (non-hydrogen) atoms. The maximum absolute atomic E-state index is 12.6. The van der Waals surface area contributed by atoms with Gasteiger partial charge in [0.1, 0.15) is 0 Å². The molecule has 0 unspecified atom stereocenters. The average molecular weight is 414 g/mol. The van der Waals surface area contributed by atoms with Crippen molar-refractivity contribution in [2.24, 2.45) is 0 Å². The van der Waals surface area contributed by atoms with Crippen LogP contribution in [0.3, 0.4) is 0 Å². The van der Waals surface area contributed by atoms with Gasteiger partial charge in [-0.2, -0.15) is 0 Å². The van der Waals surface area contributed by atoms with Gasteiger partial charge in [0.25, 0.3) is 11.8 Å². The highest BCUT2D eigenvalue weighted by Gasteiger charge is 2.15. The smallest absolute Gasteiger partial charge is 0.257 e. The molecule has 0 aliphatic rings. The summed E-state index contributed by atoms with van der Waals surface area (Å²) in [6.07, 6.45) is 1.67. The average Bonchev–Trinajstić information content (AvgIpc) is 2.70. The number of rotatable bonds is 5. The number of amides is 2. The summed E-state index contributed by atoms with van der Waals surface area (Å²) in [7, 11) is 0. The molecular formula is C21H17Cl2N3O2. The van der Waals surface area contributed by atoms with Crippen LogP contribution in [0.4, 0.5) is 5.69 Å². The summed E-state index contributed by atoms with van der Waals surface area (Å²) in [5, 5.41) is 6.21. The van der Waals surface area contributed by atoms with Crippen molar-refractivity contribution in [3.05, 3.63) is 82.0 Å². The summed E-state index contributed by atoms with van der Waals surface area (Å²) in [5.74, 6) is -0.629. The second-order valence-electron chi connectivity index (χ2n) is 5.92. The fourth-order valence-corrected chi connectivity index (χ4v) is 3.10. The Labute approximate surface area is 172 Å². The molecule has 0 spiro atoms. The number of carbonyl (C=O) groups excluding carboxylic acids is 2. The fraction of sp³-hybridized carbons (Fsp3) is 0.0952. The molecule has 0 atom stereocenters. The lowest BCUT2D eigenvalue weighted by Crippen LogP contribution is -2.23. The van der Waals surface area contributed by atoms with Crippen LogP contribution < -0.4 is 10.6 Å². The minimum Gasteiger partial charge on any atom is -0.352 e. The zero-order valence-corrected chi connectivity index (χ0v) is 16.5. The highest BCUT2D eigenvalue weighted by atomic mass is 35.5. The molecule has 0 radical (unpaired) electrons. The van der Waals surface area contributed by atoms with Gasteiger partial charge >= 0.3 is 0 Å². The van der Waals surface area contributed by atoms with E-state index in [1.54, 1.807) is 30.5 Å². The number of nitrogens with zero attached hydrogens (tertiary/aromatic N) is 1. The number of pyridine rings is 1. The first kappa shape index (κ1) is 19.9. The highest BCUT2D eigenvalue weighted by molar-refractivity contribution is 6.35. The summed E-state index contributed by atoms with van der Waals surface area (Å²) >= 11 is 12.5. The predicted molar refractivity (Wildman–Crippen MR) is 112 cm³/mol. The van der Waals surface area contributed by atoms with Gasteiger partial charge in [-0.15, -0.1) is 0 Å². The van der Waals surface area contributed by atoms with E-state index in [0.29, 0.717) is 34.1 Å². The molecular weight excluding hydrogens is 397 g/mol. The van der Waals surface area contributed by atoms with E-state index >= 15 is 0 Å². The van der Waals surface area contributed by atoms with Gasteiger partial charge in [-0.25, -0.2) is 0 Å². The third-order valence-corrected chi connectivity index (χ3v) is 4.62. The summed E-state index contributed by atoms with van der Waals surface area (Å²) in [6.45, 7) is 2.33. The second-order valence-corrected chi connectivity index (χ2v) is 6.73. The standard InChI is InChI=1S/C21H17Cl2N3O2/c1-2-24-20(27)13-6-8-15(18(23)11-13)21(28)26-14-7-9-17(22)16(12-14)19-5-3-4-10-25-19/h3-12H,2H2,1H3,(H,24,27)(H,26,28). The fourth-order valence-electron chi connectivity index (χ4n) is 2.62. The molecule has 5 nitrogen and oxygen atoms in total. The molecule has 0 aliphatic carbocycles. The van der Waals surface area contributed by atoms with Crippen molar-refractivity contribution in [3.63, 3.8) is 0 Å². The third-order valence-electron chi connectivity index (χ3n) is 3.98. The van der Waals surface area contributed by atoms with Crippen LogP contribution in [0.1, 0.15) is 27.6 Å². The van der Waals surface area contributed by atoms with Crippen molar-refractivity contribution in [2.45, 2.75) is 6.92 Å². The maximum Gasteiger partial charge on any atom is 0.257 e. The van der Waals surface area contributed by atoms with Gasteiger partial charge in [-0.05, 0) is 55.5 Å². The van der Waals surface area contributed by atoms with E-state index in [1.165, 1.54) is 12.1 Å². The summed E-state index contributed by atoms with van der Waals surface area (Å²) in [5.41, 5.74) is 2.63. The zero-order chi connectivity index (χ0) is 20.1. The first-order valence-electron chi connectivity index (χ1n) is 8.59. The molecule has 142 valence electrons. The van der Waals surface area contributed by atoms with Crippen LogP contribution in [0, 0.1) is 0 Å². The van der Waals surface area contributed by atoms with Gasteiger partial charge in [0.15, 0.2) is 0 Å². The zero-order valence-electron chi connectivity index (χ0n) is 15.0. The van der Waals surface area contributed by atoms with E-state index in [2.05, 4.69) is 15.6 Å². The molecule has 1 heterocycles. The van der Waals surface area contributed by atoms with E-state index in [0.717, 1.165) is 0 Å². The Hall–Kier alpha value is -2.89. The van der Waals surface area contributed by atoms with Crippen LogP contribution in [-0.2, 0) is 0 Å². The number of hydrogen-bond donors (Lipinski definition) is 2. The summed E-state index contributed by atoms with van der Waals surface area (Å²) in [4.78, 5) is 28.8. The normalized spacial score (nSPS) is 10.4. The van der Waals surface area contributed by atoms with Gasteiger partial charge in [0.05, 0.1) is 21.3 Å². The van der Waals surface area contributed by atoms with Crippen molar-refractivity contribution in [1.82, 2.24) is 10.3 Å². The number of halogens is 2. The lowest BCUT2D eigenvalue weighted by molar-refractivity contribution is 0.0954. The molecule has 0 saturated heterocycles. The molecule has 3 rings (SSSR count). The number of hydrogen-bond acceptors (Lipinski definition) is 3. The Balaban J connectivity index is 1.83. The third kappa shape index (κ3) is 4.50. The van der Waals surface area contributed by atoms with Gasteiger partial charge in [0.2, 0.25) is 0 Å². The maximum atomic E-state index is 12.6. The molecule has 2 amide bonds. The van der Waals surface area contributed by atoms with Crippen LogP contribution in [0.2, 0.25) is 10.0 Å². The van der Waals surface area contributed by atoms with Crippen molar-refractivity contribution < 1.29 is 9.59 Å². The van der Waals surface area contributed by atoms with Crippen LogP contribution in [0.15, 0.2) is 60.8 Å². The Morgan fingerprint density at radius 2 is 1.79 bits per heavy atom. The van der Waals surface area contributed by atoms with Gasteiger partial charge < -0.3 is 10.6 Å². The SMILES string of the molecule is CCNC(=O)c1ccc(C(=O)Nc2ccc(Cl)c(-c3ccccn3)c2)c(Cl)c1. The monoisotopic (exact) mass is 413 g/mol. The predicted octanol–water partition coefficient (Wildman–Crippen LogP) is 5.06. The van der Waals surface area contributed by atoms with Gasteiger partial charge in [0, 0.05) is 29.6 Å². The largest absolute Gasteiger partial charge is 0.352 e. The van der Waals surface area contributed by atoms with E-state index in [4.69, 9.17) is 23.2 Å². The quantitative estimate of drug-likeness (QED) is 0.613. The molecule has 2 aromatic carbocycles. The van der Waals surface area contributed by atoms with E-state index < -0.39 is 0 Å². The lowest BCUT2D eigenvalue weighted by atomic mass is 10.1. The Morgan fingerprint density at radius 1 is 0.964 bits per heavy atom. The Kier molecular flexibility index (Phi) is 6.29. The topological polar surface area (TPSA) is 71.1 Å². The molecule has 0 aliphatic heterocycles. The molecule has 1 aromatic heterocycles. The van der Waals surface area contributed by atoms with E-state index in [1.807, 2.05) is 25.1 Å². The molecule has 0 bridgehead atoms. The van der Waals surface area contributed by atoms with E-state index in [-0.39, 0.29) is 22.4 Å². The number of carbonyl (C=O) groups is 2. The number of benzene rings is 2. The van der Waals surface area contributed by atoms with E-state index in [9.17, 15) is 9.59 Å². The van der Waals surface area contributed by atoms with Crippen LogP contribution in [0.5, 0.6) is 0 Å². The highest BCUT2D eigenvalue weighted by Crippen LogP contribution is 2.29. The van der Waals surface area contributed by atoms with Gasteiger partial charge in [-0.3, -0.25) is 14.6 Å². The molecule has 3 aromatic rings. The molecule has 2 N–H and O–H groups in total. The molecule has 0 saturated carbocycles. The number of aromatic nitrogens is 1. The van der Waals surface area contributed by atoms with Crippen molar-refractivity contribution in [1.29, 1.82) is 0 Å². The van der Waals surface area contributed by atoms with Crippen LogP contribution in [0.25, 0.3) is 11.3 Å². The van der Waals surface area contributed by atoms with Crippen molar-refractivity contribution in [2.75, 3.05) is 11.9 Å². The summed E-state index contributed by atoms with van der Waals surface area (Å²) in [6, 6.07) is 15.2. The second kappa shape index (κ2) is 8.87.